The number of fused-ring (bicyclic) bond motifs is 1. The molecule has 0 spiro atoms. The van der Waals surface area contributed by atoms with E-state index in [1.807, 2.05) is 25.7 Å². The van der Waals surface area contributed by atoms with Gasteiger partial charge in [-0.15, -0.1) is 0 Å². The first-order valence-corrected chi connectivity index (χ1v) is 11.6. The summed E-state index contributed by atoms with van der Waals surface area (Å²) in [6.45, 7) is 14.7. The van der Waals surface area contributed by atoms with Crippen LogP contribution < -0.4 is 0 Å². The Hall–Kier alpha value is -2.01. The highest BCUT2D eigenvalue weighted by Gasteiger charge is 2.35. The second kappa shape index (κ2) is 9.01. The molecule has 3 rings (SSSR count). The van der Waals surface area contributed by atoms with E-state index in [0.717, 1.165) is 47.8 Å². The van der Waals surface area contributed by atoms with E-state index in [2.05, 4.69) is 59.5 Å². The Kier molecular flexibility index (Phi) is 6.81. The van der Waals surface area contributed by atoms with Crippen molar-refractivity contribution in [3.8, 4) is 0 Å². The highest BCUT2D eigenvalue weighted by atomic mass is 79.9. The minimum atomic E-state index is -0.493. The van der Waals surface area contributed by atoms with E-state index >= 15 is 0 Å². The summed E-state index contributed by atoms with van der Waals surface area (Å²) in [7, 11) is 0. The molecule has 30 heavy (non-hydrogen) atoms. The Balaban J connectivity index is 2.08. The predicted octanol–water partition coefficient (Wildman–Crippen LogP) is 7.42. The van der Waals surface area contributed by atoms with Gasteiger partial charge >= 0.3 is 6.09 Å². The average Bonchev–Trinajstić information content (AvgIpc) is 3.28. The number of H-pyrrole nitrogens is 1. The molecule has 162 valence electrons. The van der Waals surface area contributed by atoms with Crippen molar-refractivity contribution in [3.05, 3.63) is 51.7 Å². The zero-order valence-corrected chi connectivity index (χ0v) is 20.4. The number of nitrogens with zero attached hydrogens (tertiary/aromatic N) is 1. The molecule has 0 aliphatic carbocycles. The molecule has 1 aliphatic heterocycles. The van der Waals surface area contributed by atoms with Crippen LogP contribution in [0.15, 0.2) is 29.3 Å². The molecule has 1 aromatic heterocycles. The van der Waals surface area contributed by atoms with Crippen molar-refractivity contribution < 1.29 is 9.53 Å². The molecule has 2 aromatic rings. The van der Waals surface area contributed by atoms with Crippen molar-refractivity contribution >= 4 is 39.0 Å². The molecule has 2 heterocycles. The van der Waals surface area contributed by atoms with Gasteiger partial charge in [0.05, 0.1) is 6.04 Å². The van der Waals surface area contributed by atoms with E-state index in [-0.39, 0.29) is 12.1 Å². The van der Waals surface area contributed by atoms with Crippen molar-refractivity contribution in [2.45, 2.75) is 71.9 Å². The number of likely N-dealkylation sites (tertiary alicyclic amines) is 1. The number of ether oxygens (including phenoxy) is 1. The van der Waals surface area contributed by atoms with Gasteiger partial charge in [-0.25, -0.2) is 4.79 Å². The topological polar surface area (TPSA) is 45.3 Å². The fourth-order valence-corrected chi connectivity index (χ4v) is 4.52. The van der Waals surface area contributed by atoms with Crippen LogP contribution in [0.1, 0.15) is 75.4 Å². The first-order valence-electron chi connectivity index (χ1n) is 10.8. The minimum absolute atomic E-state index is 0.0344. The number of aromatic amines is 1. The van der Waals surface area contributed by atoms with Crippen molar-refractivity contribution in [3.63, 3.8) is 0 Å². The number of nitrogens with one attached hydrogen (secondary N) is 1. The number of hydrogen-bond donors (Lipinski definition) is 1. The summed E-state index contributed by atoms with van der Waals surface area (Å²) in [4.78, 5) is 18.5. The summed E-state index contributed by atoms with van der Waals surface area (Å²) >= 11 is 3.53. The summed E-state index contributed by atoms with van der Waals surface area (Å²) in [5, 5.41) is 1.26. The van der Waals surface area contributed by atoms with Crippen LogP contribution in [0.2, 0.25) is 0 Å². The van der Waals surface area contributed by atoms with Gasteiger partial charge in [-0.1, -0.05) is 54.1 Å². The number of carbonyl (C=O) groups is 1. The molecular formula is C25H33BrN2O2. The normalized spacial score (nSPS) is 17.6. The number of aryl methyl sites for hydroxylation is 2. The minimum Gasteiger partial charge on any atom is -0.444 e. The van der Waals surface area contributed by atoms with Crippen LogP contribution in [0.5, 0.6) is 0 Å². The molecule has 1 unspecified atom stereocenters. The van der Waals surface area contributed by atoms with E-state index in [9.17, 15) is 4.79 Å². The van der Waals surface area contributed by atoms with Crippen LogP contribution in [0.4, 0.5) is 4.79 Å². The van der Waals surface area contributed by atoms with Crippen LogP contribution >= 0.6 is 15.9 Å². The van der Waals surface area contributed by atoms with Crippen LogP contribution in [-0.2, 0) is 11.2 Å². The second-order valence-corrected chi connectivity index (χ2v) is 9.95. The summed E-state index contributed by atoms with van der Waals surface area (Å²) < 4.78 is 6.65. The Bertz CT molecular complexity index is 981. The first-order chi connectivity index (χ1) is 14.2. The molecule has 1 N–H and O–H groups in total. The number of aromatic nitrogens is 1. The fourth-order valence-electron chi connectivity index (χ4n) is 4.27. The molecule has 1 atom stereocenters. The Labute approximate surface area is 188 Å². The number of allylic oxidation sites excluding steroid dienone is 2. The summed E-state index contributed by atoms with van der Waals surface area (Å²) in [6, 6.07) is 4.40. The van der Waals surface area contributed by atoms with Crippen molar-refractivity contribution in [1.29, 1.82) is 0 Å². The zero-order valence-electron chi connectivity index (χ0n) is 18.8. The highest BCUT2D eigenvalue weighted by Crippen LogP contribution is 2.39. The number of carbonyl (C=O) groups excluding carboxylic acids is 1. The summed E-state index contributed by atoms with van der Waals surface area (Å²) in [6.07, 6.45) is 7.65. The predicted molar refractivity (Wildman–Crippen MR) is 129 cm³/mol. The maximum atomic E-state index is 12.9. The zero-order chi connectivity index (χ0) is 22.1. The lowest BCUT2D eigenvalue weighted by Crippen LogP contribution is -2.36. The fraction of sp³-hybridized carbons (Fsp3) is 0.480. The molecule has 4 nitrogen and oxygen atoms in total. The maximum Gasteiger partial charge on any atom is 0.410 e. The molecule has 1 aromatic carbocycles. The number of benzene rings is 1. The highest BCUT2D eigenvalue weighted by molar-refractivity contribution is 9.12. The lowest BCUT2D eigenvalue weighted by Gasteiger charge is -2.28. The second-order valence-electron chi connectivity index (χ2n) is 9.03. The van der Waals surface area contributed by atoms with Crippen LogP contribution in [-0.4, -0.2) is 28.1 Å². The molecule has 0 bridgehead atoms. The largest absolute Gasteiger partial charge is 0.444 e. The van der Waals surface area contributed by atoms with E-state index in [1.54, 1.807) is 6.08 Å². The van der Waals surface area contributed by atoms with Gasteiger partial charge in [-0.3, -0.25) is 4.90 Å². The quantitative estimate of drug-likeness (QED) is 0.459. The smallest absolute Gasteiger partial charge is 0.410 e. The number of rotatable bonds is 5. The standard InChI is InChI=1S/C25H33BrN2O2/c1-7-10-19-20-13-12-17(15-18(26)8-2)16(3)22(20)27-23(19)21-11-9-14-28(21)24(29)30-25(4,5)6/h8,12-13,15,21,27H,2,7,9-11,14H2,1,3-6H3/b18-15+. The van der Waals surface area contributed by atoms with E-state index in [4.69, 9.17) is 4.74 Å². The number of halogens is 1. The van der Waals surface area contributed by atoms with Gasteiger partial charge in [0.2, 0.25) is 0 Å². The SMILES string of the molecule is C=C/C(Br)=C\c1ccc2c(CCC)c(C3CCCN3C(=O)OC(C)(C)C)[nH]c2c1C. The third kappa shape index (κ3) is 4.66. The molecule has 1 amide bonds. The third-order valence-corrected chi connectivity index (χ3v) is 6.17. The molecule has 5 heteroatoms. The van der Waals surface area contributed by atoms with Gasteiger partial charge in [-0.2, -0.15) is 0 Å². The molecule has 1 saturated heterocycles. The van der Waals surface area contributed by atoms with Crippen molar-refractivity contribution in [2.75, 3.05) is 6.54 Å². The lowest BCUT2D eigenvalue weighted by molar-refractivity contribution is 0.0221. The summed E-state index contributed by atoms with van der Waals surface area (Å²) in [5.41, 5.74) is 5.52. The molecule has 1 fully saturated rings. The number of hydrogen-bond acceptors (Lipinski definition) is 2. The van der Waals surface area contributed by atoms with Gasteiger partial charge in [0.1, 0.15) is 5.60 Å². The Morgan fingerprint density at radius 1 is 1.40 bits per heavy atom. The van der Waals surface area contributed by atoms with E-state index in [0.29, 0.717) is 0 Å². The number of amides is 1. The maximum absolute atomic E-state index is 12.9. The first kappa shape index (κ1) is 22.7. The molecule has 0 radical (unpaired) electrons. The molecule has 0 saturated carbocycles. The lowest BCUT2D eigenvalue weighted by atomic mass is 9.98. The van der Waals surface area contributed by atoms with Crippen molar-refractivity contribution in [1.82, 2.24) is 9.88 Å². The molecule has 1 aliphatic rings. The van der Waals surface area contributed by atoms with Gasteiger partial charge in [-0.05, 0) is 69.7 Å². The average molecular weight is 473 g/mol. The van der Waals surface area contributed by atoms with Gasteiger partial charge in [0, 0.05) is 27.6 Å². The van der Waals surface area contributed by atoms with Crippen LogP contribution in [0.3, 0.4) is 0 Å². The van der Waals surface area contributed by atoms with Crippen LogP contribution in [0, 0.1) is 6.92 Å². The third-order valence-electron chi connectivity index (χ3n) is 5.62. The van der Waals surface area contributed by atoms with E-state index in [1.165, 1.54) is 22.2 Å². The Morgan fingerprint density at radius 3 is 2.77 bits per heavy atom. The van der Waals surface area contributed by atoms with Gasteiger partial charge < -0.3 is 9.72 Å². The van der Waals surface area contributed by atoms with E-state index < -0.39 is 5.60 Å². The summed E-state index contributed by atoms with van der Waals surface area (Å²) in [5.74, 6) is 0. The monoisotopic (exact) mass is 472 g/mol. The Morgan fingerprint density at radius 2 is 2.13 bits per heavy atom. The molecular weight excluding hydrogens is 440 g/mol. The van der Waals surface area contributed by atoms with Crippen molar-refractivity contribution in [2.24, 2.45) is 0 Å². The van der Waals surface area contributed by atoms with Gasteiger partial charge in [0.15, 0.2) is 0 Å². The van der Waals surface area contributed by atoms with Gasteiger partial charge in [0.25, 0.3) is 0 Å². The van der Waals surface area contributed by atoms with Crippen LogP contribution in [0.25, 0.3) is 17.0 Å².